The Kier molecular flexibility index (Phi) is 4.90. The third-order valence-electron chi connectivity index (χ3n) is 4.96. The highest BCUT2D eigenvalue weighted by Crippen LogP contribution is 2.22. The van der Waals surface area contributed by atoms with Gasteiger partial charge in [0.25, 0.3) is 0 Å². The van der Waals surface area contributed by atoms with Crippen LogP contribution < -0.4 is 5.32 Å². The summed E-state index contributed by atoms with van der Waals surface area (Å²) >= 11 is 0. The van der Waals surface area contributed by atoms with E-state index in [-0.39, 0.29) is 12.1 Å². The zero-order valence-electron chi connectivity index (χ0n) is 14.6. The Morgan fingerprint density at radius 1 is 1.30 bits per heavy atom. The summed E-state index contributed by atoms with van der Waals surface area (Å²) in [5.41, 5.74) is 2.51. The van der Waals surface area contributed by atoms with Gasteiger partial charge in [-0.15, -0.1) is 0 Å². The van der Waals surface area contributed by atoms with Crippen molar-refractivity contribution in [2.45, 2.75) is 51.6 Å². The number of likely N-dealkylation sites (N-methyl/N-ethyl adjacent to an activating group) is 1. The molecule has 2 heterocycles. The van der Waals surface area contributed by atoms with Gasteiger partial charge < -0.3 is 15.1 Å². The van der Waals surface area contributed by atoms with Gasteiger partial charge in [-0.25, -0.2) is 4.79 Å². The molecule has 0 spiro atoms. The van der Waals surface area contributed by atoms with Gasteiger partial charge in [0.1, 0.15) is 0 Å². The van der Waals surface area contributed by atoms with Crippen LogP contribution in [-0.4, -0.2) is 64.9 Å². The van der Waals surface area contributed by atoms with Gasteiger partial charge in [-0.2, -0.15) is 5.10 Å². The van der Waals surface area contributed by atoms with Crippen molar-refractivity contribution in [2.24, 2.45) is 0 Å². The molecule has 23 heavy (non-hydrogen) atoms. The minimum atomic E-state index is 0.0945. The second kappa shape index (κ2) is 6.91. The molecule has 1 aliphatic heterocycles. The topological polar surface area (TPSA) is 53.4 Å². The molecule has 6 heteroatoms. The van der Waals surface area contributed by atoms with E-state index < -0.39 is 0 Å². The highest BCUT2D eigenvalue weighted by atomic mass is 16.2. The van der Waals surface area contributed by atoms with Gasteiger partial charge in [-0.1, -0.05) is 0 Å². The fraction of sp³-hybridized carbons (Fsp3) is 0.765. The maximum atomic E-state index is 12.5. The second-order valence-electron chi connectivity index (χ2n) is 7.21. The van der Waals surface area contributed by atoms with Crippen molar-refractivity contribution in [3.63, 3.8) is 0 Å². The number of urea groups is 1. The molecule has 128 valence electrons. The van der Waals surface area contributed by atoms with Crippen LogP contribution in [0.3, 0.4) is 0 Å². The number of hydrogen-bond acceptors (Lipinski definition) is 3. The maximum absolute atomic E-state index is 12.5. The largest absolute Gasteiger partial charge is 0.335 e. The summed E-state index contributed by atoms with van der Waals surface area (Å²) in [5, 5.41) is 7.92. The average molecular weight is 319 g/mol. The Hall–Kier alpha value is -1.56. The molecule has 1 atom stereocenters. The van der Waals surface area contributed by atoms with Gasteiger partial charge in [0.15, 0.2) is 0 Å². The van der Waals surface area contributed by atoms with E-state index in [1.807, 2.05) is 9.58 Å². The van der Waals surface area contributed by atoms with Crippen LogP contribution >= 0.6 is 0 Å². The van der Waals surface area contributed by atoms with E-state index in [0.29, 0.717) is 6.04 Å². The first kappa shape index (κ1) is 16.3. The first-order valence-electron chi connectivity index (χ1n) is 8.84. The molecule has 6 nitrogen and oxygen atoms in total. The number of nitrogens with zero attached hydrogens (tertiary/aromatic N) is 4. The summed E-state index contributed by atoms with van der Waals surface area (Å²) < 4.78 is 2.04. The van der Waals surface area contributed by atoms with Crippen molar-refractivity contribution < 1.29 is 4.79 Å². The minimum Gasteiger partial charge on any atom is -0.335 e. The van der Waals surface area contributed by atoms with Crippen LogP contribution in [-0.2, 0) is 12.8 Å². The van der Waals surface area contributed by atoms with Crippen molar-refractivity contribution in [3.8, 4) is 0 Å². The number of amides is 2. The van der Waals surface area contributed by atoms with Crippen molar-refractivity contribution in [1.29, 1.82) is 0 Å². The first-order chi connectivity index (χ1) is 11.0. The molecule has 3 rings (SSSR count). The smallest absolute Gasteiger partial charge is 0.317 e. The van der Waals surface area contributed by atoms with Crippen LogP contribution in [0, 0.1) is 0 Å². The normalized spacial score (nSPS) is 22.8. The number of rotatable bonds is 2. The van der Waals surface area contributed by atoms with Gasteiger partial charge in [-0.3, -0.25) is 4.68 Å². The third kappa shape index (κ3) is 3.86. The Morgan fingerprint density at radius 3 is 2.91 bits per heavy atom. The lowest BCUT2D eigenvalue weighted by atomic mass is 9.94. The molecule has 0 aromatic carbocycles. The zero-order chi connectivity index (χ0) is 16.4. The molecule has 0 saturated carbocycles. The van der Waals surface area contributed by atoms with Crippen molar-refractivity contribution in [2.75, 3.05) is 33.2 Å². The Labute approximate surface area is 138 Å². The molecule has 1 N–H and O–H groups in total. The maximum Gasteiger partial charge on any atom is 0.317 e. The number of nitrogens with one attached hydrogen (secondary N) is 1. The molecular formula is C17H29N5O. The molecule has 1 unspecified atom stereocenters. The van der Waals surface area contributed by atoms with Crippen LogP contribution in [0.25, 0.3) is 0 Å². The van der Waals surface area contributed by atoms with E-state index in [0.717, 1.165) is 57.6 Å². The molecule has 2 amide bonds. The number of aromatic nitrogens is 2. The van der Waals surface area contributed by atoms with E-state index in [1.165, 1.54) is 5.56 Å². The standard InChI is InChI=1S/C17H29N5O/c1-13(2)22-12-14-5-6-15(11-16(14)19-22)18-17(23)21-8-4-7-20(3)9-10-21/h12-13,15H,4-11H2,1-3H3,(H,18,23). The van der Waals surface area contributed by atoms with Crippen molar-refractivity contribution >= 4 is 6.03 Å². The van der Waals surface area contributed by atoms with E-state index in [4.69, 9.17) is 5.10 Å². The van der Waals surface area contributed by atoms with Gasteiger partial charge in [-0.05, 0) is 52.3 Å². The van der Waals surface area contributed by atoms with Gasteiger partial charge in [0, 0.05) is 44.3 Å². The monoisotopic (exact) mass is 319 g/mol. The van der Waals surface area contributed by atoms with Crippen LogP contribution in [0.2, 0.25) is 0 Å². The number of aryl methyl sites for hydroxylation is 1. The Balaban J connectivity index is 1.57. The van der Waals surface area contributed by atoms with Crippen LogP contribution in [0.4, 0.5) is 4.79 Å². The van der Waals surface area contributed by atoms with E-state index in [9.17, 15) is 4.79 Å². The lowest BCUT2D eigenvalue weighted by molar-refractivity contribution is 0.194. The number of hydrogen-bond donors (Lipinski definition) is 1. The molecule has 1 aliphatic carbocycles. The highest BCUT2D eigenvalue weighted by molar-refractivity contribution is 5.74. The fourth-order valence-electron chi connectivity index (χ4n) is 3.42. The van der Waals surface area contributed by atoms with Crippen LogP contribution in [0.1, 0.15) is 44.0 Å². The molecule has 0 radical (unpaired) electrons. The quantitative estimate of drug-likeness (QED) is 0.902. The van der Waals surface area contributed by atoms with E-state index in [2.05, 4.69) is 37.3 Å². The highest BCUT2D eigenvalue weighted by Gasteiger charge is 2.25. The van der Waals surface area contributed by atoms with E-state index in [1.54, 1.807) is 0 Å². The number of fused-ring (bicyclic) bond motifs is 1. The van der Waals surface area contributed by atoms with Gasteiger partial charge in [0.05, 0.1) is 5.69 Å². The molecule has 2 aliphatic rings. The van der Waals surface area contributed by atoms with E-state index >= 15 is 0 Å². The summed E-state index contributed by atoms with van der Waals surface area (Å²) in [6.45, 7) is 8.00. The number of carbonyl (C=O) groups excluding carboxylic acids is 1. The lowest BCUT2D eigenvalue weighted by Gasteiger charge is -2.27. The molecule has 1 fully saturated rings. The Bertz CT molecular complexity index is 553. The molecule has 0 bridgehead atoms. The summed E-state index contributed by atoms with van der Waals surface area (Å²) in [5.74, 6) is 0. The van der Waals surface area contributed by atoms with Gasteiger partial charge >= 0.3 is 6.03 Å². The number of carbonyl (C=O) groups is 1. The zero-order valence-corrected chi connectivity index (χ0v) is 14.6. The minimum absolute atomic E-state index is 0.0945. The predicted octanol–water partition coefficient (Wildman–Crippen LogP) is 1.67. The molecular weight excluding hydrogens is 290 g/mol. The molecule has 1 aromatic heterocycles. The van der Waals surface area contributed by atoms with Gasteiger partial charge in [0.2, 0.25) is 0 Å². The summed E-state index contributed by atoms with van der Waals surface area (Å²) in [6.07, 6.45) is 6.10. The average Bonchev–Trinajstić information content (AvgIpc) is 2.82. The molecule has 1 saturated heterocycles. The summed E-state index contributed by atoms with van der Waals surface area (Å²) in [7, 11) is 2.12. The summed E-state index contributed by atoms with van der Waals surface area (Å²) in [4.78, 5) is 16.8. The predicted molar refractivity (Wildman–Crippen MR) is 90.6 cm³/mol. The lowest BCUT2D eigenvalue weighted by Crippen LogP contribution is -2.47. The van der Waals surface area contributed by atoms with Crippen molar-refractivity contribution in [3.05, 3.63) is 17.5 Å². The van der Waals surface area contributed by atoms with Crippen molar-refractivity contribution in [1.82, 2.24) is 24.9 Å². The SMILES string of the molecule is CC(C)n1cc2c(n1)CC(NC(=O)N1CCCN(C)CC1)CC2. The van der Waals surface area contributed by atoms with Crippen LogP contribution in [0.15, 0.2) is 6.20 Å². The second-order valence-corrected chi connectivity index (χ2v) is 7.21. The third-order valence-corrected chi connectivity index (χ3v) is 4.96. The first-order valence-corrected chi connectivity index (χ1v) is 8.84. The fourth-order valence-corrected chi connectivity index (χ4v) is 3.42. The molecule has 1 aromatic rings. The Morgan fingerprint density at radius 2 is 2.13 bits per heavy atom. The summed E-state index contributed by atoms with van der Waals surface area (Å²) in [6, 6.07) is 0.700. The van der Waals surface area contributed by atoms with Crippen LogP contribution in [0.5, 0.6) is 0 Å².